The van der Waals surface area contributed by atoms with Crippen LogP contribution < -0.4 is 0 Å². The predicted octanol–water partition coefficient (Wildman–Crippen LogP) is 2.92. The van der Waals surface area contributed by atoms with E-state index < -0.39 is 11.9 Å². The molecule has 6 heteroatoms. The first-order valence-electron chi connectivity index (χ1n) is 7.20. The standard InChI is InChI=1S/C18H16N2O4/c1-13(21)23-19-17(15-9-5-3-6-10-15)18(20-24-14(2)22)16-11-7-4-8-12-16/h3-12H,1-2H3/b19-17-,20-18-. The summed E-state index contributed by atoms with van der Waals surface area (Å²) in [5, 5.41) is 7.79. The van der Waals surface area contributed by atoms with Crippen molar-refractivity contribution in [3.63, 3.8) is 0 Å². The first-order chi connectivity index (χ1) is 11.6. The van der Waals surface area contributed by atoms with Crippen LogP contribution in [0.5, 0.6) is 0 Å². The molecule has 2 aromatic rings. The van der Waals surface area contributed by atoms with Gasteiger partial charge in [-0.15, -0.1) is 0 Å². The number of nitrogens with zero attached hydrogens (tertiary/aromatic N) is 2. The molecular weight excluding hydrogens is 308 g/mol. The van der Waals surface area contributed by atoms with Crippen LogP contribution in [0.4, 0.5) is 0 Å². The summed E-state index contributed by atoms with van der Waals surface area (Å²) in [5.74, 6) is -1.13. The van der Waals surface area contributed by atoms with E-state index >= 15 is 0 Å². The Bertz CT molecular complexity index is 701. The Morgan fingerprint density at radius 2 is 1.00 bits per heavy atom. The second-order valence-corrected chi connectivity index (χ2v) is 4.78. The van der Waals surface area contributed by atoms with Crippen molar-refractivity contribution in [1.29, 1.82) is 0 Å². The fourth-order valence-electron chi connectivity index (χ4n) is 1.88. The van der Waals surface area contributed by atoms with Crippen molar-refractivity contribution in [1.82, 2.24) is 0 Å². The molecule has 0 atom stereocenters. The minimum absolute atomic E-state index is 0.276. The molecule has 0 saturated carbocycles. The quantitative estimate of drug-likeness (QED) is 0.481. The fraction of sp³-hybridized carbons (Fsp3) is 0.111. The van der Waals surface area contributed by atoms with Gasteiger partial charge >= 0.3 is 11.9 Å². The Balaban J connectivity index is 2.56. The van der Waals surface area contributed by atoms with Crippen molar-refractivity contribution >= 4 is 23.4 Å². The largest absolute Gasteiger partial charge is 0.332 e. The number of carbonyl (C=O) groups excluding carboxylic acids is 2. The van der Waals surface area contributed by atoms with E-state index in [9.17, 15) is 9.59 Å². The molecule has 0 aliphatic heterocycles. The normalized spacial score (nSPS) is 11.8. The average molecular weight is 324 g/mol. The van der Waals surface area contributed by atoms with Crippen LogP contribution in [0.1, 0.15) is 25.0 Å². The molecule has 6 nitrogen and oxygen atoms in total. The summed E-state index contributed by atoms with van der Waals surface area (Å²) in [4.78, 5) is 31.9. The minimum atomic E-state index is -0.566. The summed E-state index contributed by atoms with van der Waals surface area (Å²) in [5.41, 5.74) is 1.87. The summed E-state index contributed by atoms with van der Waals surface area (Å²) in [6.07, 6.45) is 0. The van der Waals surface area contributed by atoms with Gasteiger partial charge in [-0.05, 0) is 0 Å². The Hall–Kier alpha value is -3.28. The third-order valence-electron chi connectivity index (χ3n) is 2.85. The van der Waals surface area contributed by atoms with Gasteiger partial charge in [-0.2, -0.15) is 0 Å². The molecule has 0 spiro atoms. The lowest BCUT2D eigenvalue weighted by molar-refractivity contribution is -0.142. The lowest BCUT2D eigenvalue weighted by Gasteiger charge is -2.09. The van der Waals surface area contributed by atoms with E-state index in [1.54, 1.807) is 24.3 Å². The van der Waals surface area contributed by atoms with Gasteiger partial charge in [0, 0.05) is 25.0 Å². The van der Waals surface area contributed by atoms with Gasteiger partial charge < -0.3 is 9.68 Å². The van der Waals surface area contributed by atoms with Gasteiger partial charge in [0.2, 0.25) is 0 Å². The molecule has 0 aromatic heterocycles. The molecule has 0 bridgehead atoms. The zero-order chi connectivity index (χ0) is 17.4. The van der Waals surface area contributed by atoms with Crippen molar-refractivity contribution in [3.05, 3.63) is 71.8 Å². The lowest BCUT2D eigenvalue weighted by atomic mass is 10.00. The summed E-state index contributed by atoms with van der Waals surface area (Å²) in [6, 6.07) is 18.1. The highest BCUT2D eigenvalue weighted by Gasteiger charge is 2.17. The third kappa shape index (κ3) is 4.88. The predicted molar refractivity (Wildman–Crippen MR) is 89.5 cm³/mol. The van der Waals surface area contributed by atoms with Crippen LogP contribution in [-0.2, 0) is 19.3 Å². The van der Waals surface area contributed by atoms with Gasteiger partial charge in [0.25, 0.3) is 0 Å². The molecule has 0 unspecified atom stereocenters. The van der Waals surface area contributed by atoms with Crippen LogP contribution in [0.3, 0.4) is 0 Å². The second-order valence-electron chi connectivity index (χ2n) is 4.78. The van der Waals surface area contributed by atoms with Crippen molar-refractivity contribution in [3.8, 4) is 0 Å². The SMILES string of the molecule is CC(=O)O/N=C(\C(=N/OC(C)=O)c1ccccc1)c1ccccc1. The number of rotatable bonds is 5. The minimum Gasteiger partial charge on any atom is -0.318 e. The monoisotopic (exact) mass is 324 g/mol. The van der Waals surface area contributed by atoms with Gasteiger partial charge in [-0.25, -0.2) is 9.59 Å². The second kappa shape index (κ2) is 8.38. The van der Waals surface area contributed by atoms with E-state index in [1.165, 1.54) is 13.8 Å². The van der Waals surface area contributed by atoms with Crippen LogP contribution >= 0.6 is 0 Å². The average Bonchev–Trinajstić information content (AvgIpc) is 2.59. The van der Waals surface area contributed by atoms with Crippen LogP contribution in [0.15, 0.2) is 71.0 Å². The van der Waals surface area contributed by atoms with Gasteiger partial charge in [-0.1, -0.05) is 71.0 Å². The van der Waals surface area contributed by atoms with Gasteiger partial charge in [-0.3, -0.25) is 0 Å². The lowest BCUT2D eigenvalue weighted by Crippen LogP contribution is -2.19. The zero-order valence-corrected chi connectivity index (χ0v) is 13.3. The van der Waals surface area contributed by atoms with Crippen LogP contribution in [0, 0.1) is 0 Å². The third-order valence-corrected chi connectivity index (χ3v) is 2.85. The maximum atomic E-state index is 11.2. The van der Waals surface area contributed by atoms with E-state index in [4.69, 9.17) is 9.68 Å². The number of carbonyl (C=O) groups is 2. The Morgan fingerprint density at radius 3 is 1.29 bits per heavy atom. The van der Waals surface area contributed by atoms with Crippen molar-refractivity contribution < 1.29 is 19.3 Å². The molecule has 0 N–H and O–H groups in total. The highest BCUT2D eigenvalue weighted by Crippen LogP contribution is 2.11. The molecule has 0 radical (unpaired) electrons. The van der Waals surface area contributed by atoms with E-state index in [1.807, 2.05) is 36.4 Å². The maximum absolute atomic E-state index is 11.2. The number of hydrogen-bond donors (Lipinski definition) is 0. The summed E-state index contributed by atoms with van der Waals surface area (Å²) in [7, 11) is 0. The van der Waals surface area contributed by atoms with Gasteiger partial charge in [0.15, 0.2) is 0 Å². The van der Waals surface area contributed by atoms with Crippen LogP contribution in [0.2, 0.25) is 0 Å². The molecular formula is C18H16N2O4. The summed E-state index contributed by atoms with van der Waals surface area (Å²) >= 11 is 0. The number of benzene rings is 2. The molecule has 0 fully saturated rings. The molecule has 2 aromatic carbocycles. The molecule has 0 heterocycles. The molecule has 24 heavy (non-hydrogen) atoms. The highest BCUT2D eigenvalue weighted by atomic mass is 16.7. The van der Waals surface area contributed by atoms with Crippen molar-refractivity contribution in [2.45, 2.75) is 13.8 Å². The Kier molecular flexibility index (Phi) is 5.96. The zero-order valence-electron chi connectivity index (χ0n) is 13.3. The van der Waals surface area contributed by atoms with E-state index in [0.29, 0.717) is 11.1 Å². The van der Waals surface area contributed by atoms with Gasteiger partial charge in [0.05, 0.1) is 0 Å². The highest BCUT2D eigenvalue weighted by molar-refractivity contribution is 6.53. The van der Waals surface area contributed by atoms with Crippen molar-refractivity contribution in [2.24, 2.45) is 10.3 Å². The molecule has 0 aliphatic rings. The van der Waals surface area contributed by atoms with Crippen molar-refractivity contribution in [2.75, 3.05) is 0 Å². The molecule has 0 saturated heterocycles. The molecule has 122 valence electrons. The topological polar surface area (TPSA) is 77.3 Å². The molecule has 2 rings (SSSR count). The maximum Gasteiger partial charge on any atom is 0.332 e. The molecule has 0 aliphatic carbocycles. The Morgan fingerprint density at radius 1 is 0.667 bits per heavy atom. The molecule has 0 amide bonds. The first-order valence-corrected chi connectivity index (χ1v) is 7.20. The smallest absolute Gasteiger partial charge is 0.318 e. The summed E-state index contributed by atoms with van der Waals surface area (Å²) in [6.45, 7) is 2.50. The van der Waals surface area contributed by atoms with E-state index in [-0.39, 0.29) is 11.4 Å². The van der Waals surface area contributed by atoms with E-state index in [0.717, 1.165) is 0 Å². The number of hydrogen-bond acceptors (Lipinski definition) is 6. The number of oxime groups is 2. The van der Waals surface area contributed by atoms with Crippen LogP contribution in [-0.4, -0.2) is 23.4 Å². The summed E-state index contributed by atoms with van der Waals surface area (Å²) < 4.78 is 0. The van der Waals surface area contributed by atoms with Gasteiger partial charge in [0.1, 0.15) is 11.4 Å². The fourth-order valence-corrected chi connectivity index (χ4v) is 1.88. The first kappa shape index (κ1) is 17.1. The Labute approximate surface area is 139 Å². The van der Waals surface area contributed by atoms with Crippen LogP contribution in [0.25, 0.3) is 0 Å². The van der Waals surface area contributed by atoms with E-state index in [2.05, 4.69) is 10.3 Å².